The fraction of sp³-hybridized carbons (Fsp3) is 0.467. The quantitative estimate of drug-likeness (QED) is 0.592. The lowest BCUT2D eigenvalue weighted by Gasteiger charge is -2.27. The SMILES string of the molecule is COC(=[O+]C)c1cc(C#N)c(C2CCC2)cc1C. The van der Waals surface area contributed by atoms with E-state index in [9.17, 15) is 5.26 Å². The van der Waals surface area contributed by atoms with Gasteiger partial charge in [0.1, 0.15) is 5.56 Å². The first-order valence-electron chi connectivity index (χ1n) is 6.21. The van der Waals surface area contributed by atoms with E-state index in [1.165, 1.54) is 24.8 Å². The molecule has 0 aliphatic heterocycles. The van der Waals surface area contributed by atoms with Crippen LogP contribution in [0.5, 0.6) is 0 Å². The molecule has 1 fully saturated rings. The van der Waals surface area contributed by atoms with Gasteiger partial charge in [0.25, 0.3) is 0 Å². The first kappa shape index (κ1) is 12.6. The molecular formula is C15H18NO2+. The number of rotatable bonds is 2. The molecule has 0 N–H and O–H groups in total. The zero-order chi connectivity index (χ0) is 13.1. The van der Waals surface area contributed by atoms with Crippen LogP contribution in [-0.4, -0.2) is 20.2 Å². The van der Waals surface area contributed by atoms with E-state index in [0.29, 0.717) is 11.9 Å². The molecule has 0 amide bonds. The zero-order valence-electron chi connectivity index (χ0n) is 11.1. The number of nitriles is 1. The van der Waals surface area contributed by atoms with Crippen LogP contribution in [0.1, 0.15) is 51.9 Å². The van der Waals surface area contributed by atoms with E-state index in [1.807, 2.05) is 13.0 Å². The number of aryl methyl sites for hydroxylation is 1. The first-order valence-corrected chi connectivity index (χ1v) is 6.21. The Labute approximate surface area is 108 Å². The minimum Gasteiger partial charge on any atom is -0.321 e. The maximum atomic E-state index is 9.29. The summed E-state index contributed by atoms with van der Waals surface area (Å²) in [6.45, 7) is 2.02. The molecule has 1 aromatic rings. The molecule has 0 saturated heterocycles. The zero-order valence-corrected chi connectivity index (χ0v) is 11.1. The van der Waals surface area contributed by atoms with Crippen molar-refractivity contribution in [3.8, 4) is 6.07 Å². The number of methoxy groups -OCH3 is 1. The molecule has 1 aliphatic rings. The van der Waals surface area contributed by atoms with Crippen molar-refractivity contribution < 1.29 is 9.16 Å². The molecule has 3 nitrogen and oxygen atoms in total. The lowest BCUT2D eigenvalue weighted by Crippen LogP contribution is -2.13. The van der Waals surface area contributed by atoms with E-state index >= 15 is 0 Å². The van der Waals surface area contributed by atoms with Gasteiger partial charge in [0, 0.05) is 0 Å². The largest absolute Gasteiger partial charge is 0.519 e. The number of carbonyl (C=O) groups excluding carboxylic acids is 1. The molecule has 3 heteroatoms. The van der Waals surface area contributed by atoms with Gasteiger partial charge in [0.05, 0.1) is 11.6 Å². The second-order valence-corrected chi connectivity index (χ2v) is 4.69. The van der Waals surface area contributed by atoms with E-state index in [1.54, 1.807) is 14.2 Å². The van der Waals surface area contributed by atoms with Crippen molar-refractivity contribution in [1.29, 1.82) is 5.26 Å². The number of ether oxygens (including phenoxy) is 1. The van der Waals surface area contributed by atoms with Gasteiger partial charge < -0.3 is 9.16 Å². The number of benzene rings is 1. The van der Waals surface area contributed by atoms with Crippen LogP contribution < -0.4 is 0 Å². The maximum absolute atomic E-state index is 9.29. The van der Waals surface area contributed by atoms with Gasteiger partial charge in [-0.3, -0.25) is 0 Å². The van der Waals surface area contributed by atoms with Crippen molar-refractivity contribution in [2.45, 2.75) is 32.1 Å². The Hall–Kier alpha value is -1.82. The average molecular weight is 244 g/mol. The highest BCUT2D eigenvalue weighted by molar-refractivity contribution is 5.92. The Morgan fingerprint density at radius 3 is 2.61 bits per heavy atom. The van der Waals surface area contributed by atoms with Gasteiger partial charge in [-0.1, -0.05) is 12.5 Å². The van der Waals surface area contributed by atoms with Crippen LogP contribution in [0.2, 0.25) is 0 Å². The van der Waals surface area contributed by atoms with Crippen LogP contribution in [0, 0.1) is 18.3 Å². The molecule has 2 rings (SSSR count). The normalized spacial score (nSPS) is 16.0. The van der Waals surface area contributed by atoms with Crippen molar-refractivity contribution in [1.82, 2.24) is 0 Å². The third-order valence-corrected chi connectivity index (χ3v) is 3.65. The van der Waals surface area contributed by atoms with E-state index in [0.717, 1.165) is 16.7 Å². The summed E-state index contributed by atoms with van der Waals surface area (Å²) < 4.78 is 10.4. The van der Waals surface area contributed by atoms with Crippen LogP contribution in [-0.2, 0) is 4.74 Å². The molecule has 94 valence electrons. The van der Waals surface area contributed by atoms with Crippen molar-refractivity contribution in [2.75, 3.05) is 14.2 Å². The van der Waals surface area contributed by atoms with E-state index in [2.05, 4.69) is 12.1 Å². The summed E-state index contributed by atoms with van der Waals surface area (Å²) in [5.74, 6) is 1.02. The average Bonchev–Trinajstić information content (AvgIpc) is 2.31. The molecule has 0 unspecified atom stereocenters. The number of nitrogens with zero attached hydrogens (tertiary/aromatic N) is 1. The van der Waals surface area contributed by atoms with E-state index in [4.69, 9.17) is 9.16 Å². The Balaban J connectivity index is 2.49. The standard InChI is InChI=1S/C15H18NO2/c1-10-7-14(11-5-4-6-11)12(9-16)8-13(10)15(17-2)18-3/h7-8,11H,4-6H2,1-3H3/q+1. The van der Waals surface area contributed by atoms with Crippen molar-refractivity contribution in [3.63, 3.8) is 0 Å². The summed E-state index contributed by atoms with van der Waals surface area (Å²) in [5, 5.41) is 9.29. The van der Waals surface area contributed by atoms with Crippen LogP contribution in [0.3, 0.4) is 0 Å². The van der Waals surface area contributed by atoms with Crippen LogP contribution in [0.25, 0.3) is 0 Å². The summed E-state index contributed by atoms with van der Waals surface area (Å²) in [7, 11) is 3.15. The Morgan fingerprint density at radius 2 is 2.17 bits per heavy atom. The molecular weight excluding hydrogens is 226 g/mol. The molecule has 1 aliphatic carbocycles. The minimum atomic E-state index is 0.462. The van der Waals surface area contributed by atoms with Crippen molar-refractivity contribution in [2.24, 2.45) is 0 Å². The Bertz CT molecular complexity index is 522. The second-order valence-electron chi connectivity index (χ2n) is 4.69. The van der Waals surface area contributed by atoms with Gasteiger partial charge in [-0.05, 0) is 42.9 Å². The summed E-state index contributed by atoms with van der Waals surface area (Å²) in [5.41, 5.74) is 3.87. The third-order valence-electron chi connectivity index (χ3n) is 3.65. The molecule has 0 radical (unpaired) electrons. The molecule has 0 aromatic heterocycles. The highest BCUT2D eigenvalue weighted by Crippen LogP contribution is 2.38. The fourth-order valence-corrected chi connectivity index (χ4v) is 2.41. The second kappa shape index (κ2) is 5.22. The van der Waals surface area contributed by atoms with Crippen molar-refractivity contribution >= 4 is 5.97 Å². The summed E-state index contributed by atoms with van der Waals surface area (Å²) in [6, 6.07) is 6.28. The predicted molar refractivity (Wildman–Crippen MR) is 69.7 cm³/mol. The highest BCUT2D eigenvalue weighted by atomic mass is 16.6. The molecule has 0 bridgehead atoms. The van der Waals surface area contributed by atoms with E-state index < -0.39 is 0 Å². The Kier molecular flexibility index (Phi) is 3.66. The monoisotopic (exact) mass is 244 g/mol. The van der Waals surface area contributed by atoms with Gasteiger partial charge in [0.2, 0.25) is 0 Å². The van der Waals surface area contributed by atoms with Gasteiger partial charge >= 0.3 is 5.97 Å². The van der Waals surface area contributed by atoms with Crippen molar-refractivity contribution in [3.05, 3.63) is 34.4 Å². The van der Waals surface area contributed by atoms with Gasteiger partial charge in [-0.25, -0.2) is 0 Å². The highest BCUT2D eigenvalue weighted by Gasteiger charge is 2.26. The number of esters is 1. The molecule has 0 spiro atoms. The summed E-state index contributed by atoms with van der Waals surface area (Å²) >= 11 is 0. The maximum Gasteiger partial charge on any atom is 0.519 e. The number of hydrogen-bond donors (Lipinski definition) is 0. The van der Waals surface area contributed by atoms with Crippen LogP contribution in [0.15, 0.2) is 12.1 Å². The predicted octanol–water partition coefficient (Wildman–Crippen LogP) is 3.09. The smallest absolute Gasteiger partial charge is 0.321 e. The van der Waals surface area contributed by atoms with Crippen LogP contribution in [0.4, 0.5) is 0 Å². The molecule has 1 aromatic carbocycles. The lowest BCUT2D eigenvalue weighted by molar-refractivity contribution is -0.239. The molecule has 18 heavy (non-hydrogen) atoms. The summed E-state index contributed by atoms with van der Waals surface area (Å²) in [4.78, 5) is 0. The summed E-state index contributed by atoms with van der Waals surface area (Å²) in [6.07, 6.45) is 3.65. The van der Waals surface area contributed by atoms with Gasteiger partial charge in [-0.15, -0.1) is 0 Å². The fourth-order valence-electron chi connectivity index (χ4n) is 2.41. The third kappa shape index (κ3) is 2.11. The van der Waals surface area contributed by atoms with Crippen LogP contribution >= 0.6 is 0 Å². The van der Waals surface area contributed by atoms with Gasteiger partial charge in [-0.2, -0.15) is 5.26 Å². The first-order chi connectivity index (χ1) is 8.71. The minimum absolute atomic E-state index is 0.462. The molecule has 0 atom stereocenters. The Morgan fingerprint density at radius 1 is 1.44 bits per heavy atom. The number of hydrogen-bond acceptors (Lipinski definition) is 2. The molecule has 0 heterocycles. The lowest BCUT2D eigenvalue weighted by atomic mass is 9.77. The topological polar surface area (TPSA) is 44.3 Å². The molecule has 1 saturated carbocycles. The van der Waals surface area contributed by atoms with E-state index in [-0.39, 0.29) is 0 Å². The van der Waals surface area contributed by atoms with Gasteiger partial charge in [0.15, 0.2) is 14.2 Å².